The predicted octanol–water partition coefficient (Wildman–Crippen LogP) is 3.93. The number of rotatable bonds is 4. The van der Waals surface area contributed by atoms with Gasteiger partial charge >= 0.3 is 0 Å². The Labute approximate surface area is 161 Å². The molecular formula is C22H14N4O2. The lowest BCUT2D eigenvalue weighted by Crippen LogP contribution is -2.14. The number of nitrogens with zero attached hydrogens (tertiary/aromatic N) is 2. The van der Waals surface area contributed by atoms with Gasteiger partial charge in [-0.1, -0.05) is 6.07 Å². The Morgan fingerprint density at radius 3 is 1.71 bits per heavy atom. The summed E-state index contributed by atoms with van der Waals surface area (Å²) >= 11 is 0. The second-order valence-corrected chi connectivity index (χ2v) is 5.87. The van der Waals surface area contributed by atoms with Gasteiger partial charge in [0.2, 0.25) is 0 Å². The molecule has 0 aromatic heterocycles. The Balaban J connectivity index is 1.66. The molecule has 2 amide bonds. The van der Waals surface area contributed by atoms with Crippen LogP contribution in [-0.2, 0) is 0 Å². The summed E-state index contributed by atoms with van der Waals surface area (Å²) in [5.74, 6) is -0.660. The van der Waals surface area contributed by atoms with Crippen LogP contribution in [0.25, 0.3) is 0 Å². The molecule has 0 aliphatic carbocycles. The Morgan fingerprint density at radius 1 is 0.643 bits per heavy atom. The van der Waals surface area contributed by atoms with Crippen molar-refractivity contribution in [1.82, 2.24) is 0 Å². The van der Waals surface area contributed by atoms with E-state index < -0.39 is 0 Å². The van der Waals surface area contributed by atoms with Gasteiger partial charge < -0.3 is 10.6 Å². The van der Waals surface area contributed by atoms with E-state index in [1.165, 1.54) is 0 Å². The minimum absolute atomic E-state index is 0.321. The van der Waals surface area contributed by atoms with Gasteiger partial charge in [-0.2, -0.15) is 10.5 Å². The monoisotopic (exact) mass is 366 g/mol. The van der Waals surface area contributed by atoms with E-state index in [0.717, 1.165) is 0 Å². The van der Waals surface area contributed by atoms with Crippen molar-refractivity contribution in [3.63, 3.8) is 0 Å². The fourth-order valence-corrected chi connectivity index (χ4v) is 2.47. The van der Waals surface area contributed by atoms with Crippen molar-refractivity contribution in [2.45, 2.75) is 0 Å². The van der Waals surface area contributed by atoms with Crippen LogP contribution in [0.1, 0.15) is 31.8 Å². The number of carbonyl (C=O) groups excluding carboxylic acids is 2. The van der Waals surface area contributed by atoms with E-state index in [1.807, 2.05) is 12.1 Å². The normalized spacial score (nSPS) is 9.64. The minimum Gasteiger partial charge on any atom is -0.322 e. The number of benzene rings is 3. The first-order valence-electron chi connectivity index (χ1n) is 8.32. The maximum atomic E-state index is 12.3. The number of amides is 2. The van der Waals surface area contributed by atoms with Gasteiger partial charge in [-0.05, 0) is 66.7 Å². The molecule has 6 nitrogen and oxygen atoms in total. The van der Waals surface area contributed by atoms with E-state index in [9.17, 15) is 9.59 Å². The summed E-state index contributed by atoms with van der Waals surface area (Å²) in [5, 5.41) is 23.2. The van der Waals surface area contributed by atoms with E-state index in [4.69, 9.17) is 10.5 Å². The number of nitrogens with one attached hydrogen (secondary N) is 2. The smallest absolute Gasteiger partial charge is 0.255 e. The molecule has 0 radical (unpaired) electrons. The summed E-state index contributed by atoms with van der Waals surface area (Å²) in [6.07, 6.45) is 0. The summed E-state index contributed by atoms with van der Waals surface area (Å²) < 4.78 is 0. The zero-order chi connectivity index (χ0) is 19.9. The molecule has 3 aromatic rings. The maximum Gasteiger partial charge on any atom is 0.255 e. The van der Waals surface area contributed by atoms with E-state index >= 15 is 0 Å². The molecule has 0 atom stereocenters. The molecule has 0 aliphatic rings. The summed E-state index contributed by atoms with van der Waals surface area (Å²) in [4.78, 5) is 24.6. The molecule has 134 valence electrons. The highest BCUT2D eigenvalue weighted by Gasteiger charge is 2.10. The van der Waals surface area contributed by atoms with Crippen LogP contribution in [-0.4, -0.2) is 11.8 Å². The van der Waals surface area contributed by atoms with Gasteiger partial charge in [-0.25, -0.2) is 0 Å². The predicted molar refractivity (Wildman–Crippen MR) is 105 cm³/mol. The first-order valence-corrected chi connectivity index (χ1v) is 8.32. The van der Waals surface area contributed by atoms with E-state index in [-0.39, 0.29) is 11.8 Å². The molecule has 0 saturated heterocycles. The quantitative estimate of drug-likeness (QED) is 0.729. The van der Waals surface area contributed by atoms with Gasteiger partial charge in [-0.3, -0.25) is 9.59 Å². The number of nitriles is 2. The van der Waals surface area contributed by atoms with Crippen molar-refractivity contribution in [3.05, 3.63) is 95.1 Å². The topological polar surface area (TPSA) is 106 Å². The highest BCUT2D eigenvalue weighted by molar-refractivity contribution is 6.07. The maximum absolute atomic E-state index is 12.3. The van der Waals surface area contributed by atoms with Gasteiger partial charge in [0.05, 0.1) is 23.3 Å². The van der Waals surface area contributed by atoms with Crippen molar-refractivity contribution in [1.29, 1.82) is 10.5 Å². The fourth-order valence-electron chi connectivity index (χ4n) is 2.47. The third-order valence-corrected chi connectivity index (χ3v) is 3.93. The number of hydrogen-bond acceptors (Lipinski definition) is 4. The van der Waals surface area contributed by atoms with Crippen LogP contribution in [0, 0.1) is 22.7 Å². The third-order valence-electron chi connectivity index (χ3n) is 3.93. The number of anilines is 2. The van der Waals surface area contributed by atoms with E-state index in [1.54, 1.807) is 72.8 Å². The van der Waals surface area contributed by atoms with Gasteiger partial charge in [0, 0.05) is 22.5 Å². The second-order valence-electron chi connectivity index (χ2n) is 5.87. The molecule has 3 aromatic carbocycles. The highest BCUT2D eigenvalue weighted by Crippen LogP contribution is 2.14. The van der Waals surface area contributed by atoms with Crippen molar-refractivity contribution in [3.8, 4) is 12.1 Å². The molecule has 3 rings (SSSR count). The molecule has 0 unspecified atom stereocenters. The Hall–Kier alpha value is -4.42. The first kappa shape index (κ1) is 18.4. The Bertz CT molecular complexity index is 1110. The van der Waals surface area contributed by atoms with E-state index in [2.05, 4.69) is 10.6 Å². The highest BCUT2D eigenvalue weighted by atomic mass is 16.2. The summed E-state index contributed by atoms with van der Waals surface area (Å²) in [7, 11) is 0. The lowest BCUT2D eigenvalue weighted by molar-refractivity contribution is 0.101. The Kier molecular flexibility index (Phi) is 5.45. The molecule has 2 N–H and O–H groups in total. The zero-order valence-electron chi connectivity index (χ0n) is 14.6. The van der Waals surface area contributed by atoms with Crippen LogP contribution in [0.3, 0.4) is 0 Å². The van der Waals surface area contributed by atoms with Crippen LogP contribution in [0.4, 0.5) is 11.4 Å². The molecule has 0 aliphatic heterocycles. The Morgan fingerprint density at radius 2 is 1.18 bits per heavy atom. The molecule has 0 fully saturated rings. The van der Waals surface area contributed by atoms with Crippen LogP contribution in [0.15, 0.2) is 72.8 Å². The average molecular weight is 366 g/mol. The van der Waals surface area contributed by atoms with Gasteiger partial charge in [-0.15, -0.1) is 0 Å². The fraction of sp³-hybridized carbons (Fsp3) is 0. The molecule has 6 heteroatoms. The van der Waals surface area contributed by atoms with Crippen molar-refractivity contribution in [2.75, 3.05) is 10.6 Å². The van der Waals surface area contributed by atoms with Gasteiger partial charge in [0.25, 0.3) is 11.8 Å². The first-order chi connectivity index (χ1) is 13.6. The van der Waals surface area contributed by atoms with Crippen molar-refractivity contribution >= 4 is 23.2 Å². The van der Waals surface area contributed by atoms with Crippen molar-refractivity contribution < 1.29 is 9.59 Å². The number of carbonyl (C=O) groups is 2. The van der Waals surface area contributed by atoms with Crippen LogP contribution < -0.4 is 10.6 Å². The van der Waals surface area contributed by atoms with Gasteiger partial charge in [0.1, 0.15) is 0 Å². The molecular weight excluding hydrogens is 352 g/mol. The van der Waals surface area contributed by atoms with Crippen LogP contribution >= 0.6 is 0 Å². The zero-order valence-corrected chi connectivity index (χ0v) is 14.6. The van der Waals surface area contributed by atoms with Crippen LogP contribution in [0.5, 0.6) is 0 Å². The van der Waals surface area contributed by atoms with Gasteiger partial charge in [0.15, 0.2) is 0 Å². The largest absolute Gasteiger partial charge is 0.322 e. The molecule has 0 spiro atoms. The third kappa shape index (κ3) is 4.40. The van der Waals surface area contributed by atoms with Crippen LogP contribution in [0.2, 0.25) is 0 Å². The second kappa shape index (κ2) is 8.31. The summed E-state index contributed by atoms with van der Waals surface area (Å²) in [6.45, 7) is 0. The molecule has 28 heavy (non-hydrogen) atoms. The lowest BCUT2D eigenvalue weighted by Gasteiger charge is -2.08. The average Bonchev–Trinajstić information content (AvgIpc) is 2.74. The summed E-state index contributed by atoms with van der Waals surface area (Å²) in [5.41, 5.74) is 2.83. The lowest BCUT2D eigenvalue weighted by atomic mass is 10.1. The molecule has 0 bridgehead atoms. The summed E-state index contributed by atoms with van der Waals surface area (Å²) in [6, 6.07) is 23.4. The van der Waals surface area contributed by atoms with E-state index in [0.29, 0.717) is 33.6 Å². The minimum atomic E-state index is -0.339. The SMILES string of the molecule is N#Cc1ccc(NC(=O)c2ccc(C(=O)Nc3cccc(C#N)c3)cc2)cc1. The standard InChI is InChI=1S/C22H14N4O2/c23-13-15-4-10-19(11-5-15)25-21(27)17-6-8-18(9-7-17)22(28)26-20-3-1-2-16(12-20)14-24/h1-12H,(H,25,27)(H,26,28). The number of hydrogen-bond donors (Lipinski definition) is 2. The molecule has 0 saturated carbocycles. The molecule has 0 heterocycles. The van der Waals surface area contributed by atoms with Crippen molar-refractivity contribution in [2.24, 2.45) is 0 Å².